The number of amides is 2. The summed E-state index contributed by atoms with van der Waals surface area (Å²) < 4.78 is 66.5. The molecular weight excluding hydrogens is 325 g/mol. The van der Waals surface area contributed by atoms with Crippen molar-refractivity contribution in [3.63, 3.8) is 0 Å². The van der Waals surface area contributed by atoms with E-state index in [2.05, 4.69) is 15.0 Å². The van der Waals surface area contributed by atoms with Crippen molar-refractivity contribution in [2.24, 2.45) is 5.92 Å². The first-order valence-corrected chi connectivity index (χ1v) is 6.76. The standard InChI is InChI=1S/C13H14F5N3O2.2H2/c14-11(15)23-9-5-7(3-4-19-9)6-20-12(22)21-10(8-1-2-8)13(16,17)18;;/h3-5,8,10-11H,1-2,6H2,(H2,20,21,22);2*1H/t10-;;/m1../s1. The van der Waals surface area contributed by atoms with Gasteiger partial charge in [-0.25, -0.2) is 9.78 Å². The molecule has 2 rings (SSSR count). The molecule has 23 heavy (non-hydrogen) atoms. The van der Waals surface area contributed by atoms with Crippen LogP contribution in [0.1, 0.15) is 21.3 Å². The third-order valence-electron chi connectivity index (χ3n) is 3.19. The highest BCUT2D eigenvalue weighted by atomic mass is 19.4. The molecule has 0 spiro atoms. The van der Waals surface area contributed by atoms with Crippen molar-refractivity contribution in [3.8, 4) is 5.88 Å². The van der Waals surface area contributed by atoms with Crippen molar-refractivity contribution in [1.82, 2.24) is 15.6 Å². The van der Waals surface area contributed by atoms with Gasteiger partial charge in [-0.1, -0.05) is 0 Å². The first-order chi connectivity index (χ1) is 10.8. The van der Waals surface area contributed by atoms with Gasteiger partial charge < -0.3 is 15.4 Å². The first-order valence-electron chi connectivity index (χ1n) is 6.76. The van der Waals surface area contributed by atoms with Gasteiger partial charge in [-0.2, -0.15) is 22.0 Å². The number of nitrogens with zero attached hydrogens (tertiary/aromatic N) is 1. The van der Waals surface area contributed by atoms with Crippen LogP contribution >= 0.6 is 0 Å². The highest BCUT2D eigenvalue weighted by molar-refractivity contribution is 5.74. The van der Waals surface area contributed by atoms with Crippen molar-refractivity contribution in [3.05, 3.63) is 23.9 Å². The average molecular weight is 343 g/mol. The maximum atomic E-state index is 12.8. The van der Waals surface area contributed by atoms with Crippen LogP contribution in [0, 0.1) is 5.92 Å². The number of carbonyl (C=O) groups is 1. The quantitative estimate of drug-likeness (QED) is 0.779. The Bertz CT molecular complexity index is 559. The Balaban J connectivity index is 0.00000288. The van der Waals surface area contributed by atoms with Gasteiger partial charge in [-0.3, -0.25) is 0 Å². The van der Waals surface area contributed by atoms with Crippen LogP contribution in [-0.2, 0) is 6.54 Å². The van der Waals surface area contributed by atoms with Gasteiger partial charge in [0, 0.05) is 21.7 Å². The molecule has 1 aliphatic carbocycles. The molecule has 1 fully saturated rings. The van der Waals surface area contributed by atoms with Crippen LogP contribution in [0.4, 0.5) is 26.7 Å². The largest absolute Gasteiger partial charge is 0.417 e. The van der Waals surface area contributed by atoms with Crippen LogP contribution in [0.25, 0.3) is 0 Å². The summed E-state index contributed by atoms with van der Waals surface area (Å²) >= 11 is 0. The zero-order valence-corrected chi connectivity index (χ0v) is 11.7. The third-order valence-corrected chi connectivity index (χ3v) is 3.19. The van der Waals surface area contributed by atoms with Crippen molar-refractivity contribution in [2.75, 3.05) is 0 Å². The number of aromatic nitrogens is 1. The lowest BCUT2D eigenvalue weighted by Gasteiger charge is -2.21. The molecule has 0 radical (unpaired) electrons. The fraction of sp³-hybridized carbons (Fsp3) is 0.538. The van der Waals surface area contributed by atoms with Crippen LogP contribution in [0.5, 0.6) is 5.88 Å². The molecule has 132 valence electrons. The number of carbonyl (C=O) groups excluding carboxylic acids is 1. The molecule has 5 nitrogen and oxygen atoms in total. The molecule has 0 unspecified atom stereocenters. The number of alkyl halides is 5. The number of ether oxygens (including phenoxy) is 1. The Morgan fingerprint density at radius 3 is 2.70 bits per heavy atom. The second-order valence-corrected chi connectivity index (χ2v) is 5.06. The Labute approximate surface area is 131 Å². The minimum absolute atomic E-state index is 0. The van der Waals surface area contributed by atoms with Gasteiger partial charge in [-0.15, -0.1) is 0 Å². The number of urea groups is 1. The number of halogens is 5. The van der Waals surface area contributed by atoms with Crippen molar-refractivity contribution in [1.29, 1.82) is 0 Å². The molecule has 10 heteroatoms. The molecule has 1 saturated carbocycles. The van der Waals surface area contributed by atoms with E-state index in [9.17, 15) is 26.7 Å². The fourth-order valence-electron chi connectivity index (χ4n) is 1.99. The second kappa shape index (κ2) is 6.97. The summed E-state index contributed by atoms with van der Waals surface area (Å²) in [7, 11) is 0. The third kappa shape index (κ3) is 5.53. The molecule has 0 saturated heterocycles. The van der Waals surface area contributed by atoms with Gasteiger partial charge in [0.15, 0.2) is 0 Å². The molecule has 1 aromatic heterocycles. The Kier molecular flexibility index (Phi) is 5.22. The molecule has 1 aliphatic rings. The molecule has 2 N–H and O–H groups in total. The summed E-state index contributed by atoms with van der Waals surface area (Å²) in [6.45, 7) is -3.19. The molecule has 0 aromatic carbocycles. The van der Waals surface area contributed by atoms with Gasteiger partial charge in [0.1, 0.15) is 6.04 Å². The summed E-state index contributed by atoms with van der Waals surface area (Å²) in [5.74, 6) is -0.932. The van der Waals surface area contributed by atoms with Gasteiger partial charge in [0.25, 0.3) is 0 Å². The monoisotopic (exact) mass is 343 g/mol. The number of pyridine rings is 1. The summed E-state index contributed by atoms with van der Waals surface area (Å²) in [6.07, 6.45) is -2.48. The lowest BCUT2D eigenvalue weighted by molar-refractivity contribution is -0.157. The van der Waals surface area contributed by atoms with Gasteiger partial charge in [-0.05, 0) is 30.4 Å². The van der Waals surface area contributed by atoms with Crippen LogP contribution in [0.3, 0.4) is 0 Å². The number of rotatable bonds is 6. The smallest absolute Gasteiger partial charge is 0.408 e. The predicted molar refractivity (Wildman–Crippen MR) is 73.0 cm³/mol. The number of hydrogen-bond donors (Lipinski definition) is 2. The van der Waals surface area contributed by atoms with E-state index in [4.69, 9.17) is 0 Å². The molecule has 1 aromatic rings. The minimum Gasteiger partial charge on any atom is -0.417 e. The zero-order chi connectivity index (χ0) is 17.0. The highest BCUT2D eigenvalue weighted by Crippen LogP contribution is 2.40. The van der Waals surface area contributed by atoms with Crippen molar-refractivity contribution >= 4 is 6.03 Å². The van der Waals surface area contributed by atoms with E-state index in [1.54, 1.807) is 0 Å². The molecule has 1 atom stereocenters. The van der Waals surface area contributed by atoms with E-state index in [-0.39, 0.29) is 15.3 Å². The highest BCUT2D eigenvalue weighted by Gasteiger charge is 2.49. The van der Waals surface area contributed by atoms with E-state index in [1.807, 2.05) is 5.32 Å². The van der Waals surface area contributed by atoms with Crippen molar-refractivity contribution < 1.29 is 34.3 Å². The molecule has 1 heterocycles. The van der Waals surface area contributed by atoms with Gasteiger partial charge >= 0.3 is 18.8 Å². The van der Waals surface area contributed by atoms with E-state index in [0.717, 1.165) is 6.07 Å². The lowest BCUT2D eigenvalue weighted by atomic mass is 10.2. The van der Waals surface area contributed by atoms with Crippen molar-refractivity contribution in [2.45, 2.75) is 38.2 Å². The molecule has 2 amide bonds. The average Bonchev–Trinajstić information content (AvgIpc) is 3.25. The fourth-order valence-corrected chi connectivity index (χ4v) is 1.99. The van der Waals surface area contributed by atoms with Gasteiger partial charge in [0.2, 0.25) is 5.88 Å². The maximum absolute atomic E-state index is 12.8. The second-order valence-electron chi connectivity index (χ2n) is 5.06. The van der Waals surface area contributed by atoms with E-state index in [0.29, 0.717) is 18.4 Å². The number of hydrogen-bond acceptors (Lipinski definition) is 3. The normalized spacial score (nSPS) is 16.1. The Morgan fingerprint density at radius 2 is 2.13 bits per heavy atom. The summed E-state index contributed by atoms with van der Waals surface area (Å²) in [5.41, 5.74) is 0.362. The maximum Gasteiger partial charge on any atom is 0.408 e. The summed E-state index contributed by atoms with van der Waals surface area (Å²) in [6, 6.07) is -0.278. The number of nitrogens with one attached hydrogen (secondary N) is 2. The van der Waals surface area contributed by atoms with E-state index >= 15 is 0 Å². The van der Waals surface area contributed by atoms with E-state index in [1.165, 1.54) is 12.3 Å². The van der Waals surface area contributed by atoms with Crippen LogP contribution in [0.2, 0.25) is 0 Å². The topological polar surface area (TPSA) is 63.2 Å². The first kappa shape index (κ1) is 17.2. The molecule has 0 bridgehead atoms. The van der Waals surface area contributed by atoms with Gasteiger partial charge in [0.05, 0.1) is 0 Å². The summed E-state index contributed by atoms with van der Waals surface area (Å²) in [4.78, 5) is 15.1. The molecular formula is C13H18F5N3O2. The minimum atomic E-state index is -4.51. The van der Waals surface area contributed by atoms with Crippen LogP contribution < -0.4 is 15.4 Å². The van der Waals surface area contributed by atoms with Crippen LogP contribution in [0.15, 0.2) is 18.3 Å². The van der Waals surface area contributed by atoms with Crippen LogP contribution in [-0.4, -0.2) is 29.8 Å². The summed E-state index contributed by atoms with van der Waals surface area (Å²) in [5, 5.41) is 4.14. The lowest BCUT2D eigenvalue weighted by Crippen LogP contribution is -2.50. The Hall–Kier alpha value is -2.13. The van der Waals surface area contributed by atoms with E-state index < -0.39 is 30.8 Å². The zero-order valence-electron chi connectivity index (χ0n) is 11.7. The molecule has 0 aliphatic heterocycles. The SMILES string of the molecule is O=C(NCc1ccnc(OC(F)F)c1)N[C@H](C1CC1)C(F)(F)F.[HH].[HH]. The Morgan fingerprint density at radius 1 is 1.43 bits per heavy atom. The predicted octanol–water partition coefficient (Wildman–Crippen LogP) is 3.32.